The van der Waals surface area contributed by atoms with Gasteiger partial charge in [-0.3, -0.25) is 0 Å². The molecule has 90 heavy (non-hydrogen) atoms. The molecule has 0 atom stereocenters. The van der Waals surface area contributed by atoms with Gasteiger partial charge in [-0.25, -0.2) is 0 Å². The van der Waals surface area contributed by atoms with Crippen molar-refractivity contribution in [1.29, 1.82) is 0 Å². The minimum absolute atomic E-state index is 0.153. The van der Waals surface area contributed by atoms with Crippen LogP contribution in [0.25, 0.3) is 97.4 Å². The molecular formula is C84H69BN4S. The monoisotopic (exact) mass is 1180 g/mol. The van der Waals surface area contributed by atoms with Gasteiger partial charge in [0.15, 0.2) is 0 Å². The fraction of sp³-hybridized carbons (Fsp3) is 0.143. The average Bonchev–Trinajstić information content (AvgIpc) is 0.780. The molecule has 0 radical (unpaired) electrons. The first-order valence-electron chi connectivity index (χ1n) is 32.2. The highest BCUT2D eigenvalue weighted by Crippen LogP contribution is 2.54. The summed E-state index contributed by atoms with van der Waals surface area (Å²) >= 11 is 1.92. The van der Waals surface area contributed by atoms with Gasteiger partial charge in [0, 0.05) is 92.7 Å². The molecule has 3 aromatic heterocycles. The van der Waals surface area contributed by atoms with E-state index < -0.39 is 0 Å². The van der Waals surface area contributed by atoms with Gasteiger partial charge >= 0.3 is 0 Å². The van der Waals surface area contributed by atoms with E-state index in [1.165, 1.54) is 153 Å². The molecule has 6 heteroatoms. The minimum atomic E-state index is -0.256. The lowest BCUT2D eigenvalue weighted by Crippen LogP contribution is -2.61. The van der Waals surface area contributed by atoms with Crippen LogP contribution in [0.4, 0.5) is 34.1 Å². The maximum atomic E-state index is 2.74. The van der Waals surface area contributed by atoms with Gasteiger partial charge in [-0.1, -0.05) is 219 Å². The van der Waals surface area contributed by atoms with Gasteiger partial charge in [0.1, 0.15) is 0 Å². The lowest BCUT2D eigenvalue weighted by atomic mass is 9.33. The van der Waals surface area contributed by atoms with Crippen LogP contribution in [0.15, 0.2) is 255 Å². The number of hydrogen-bond acceptors (Lipinski definition) is 3. The third-order valence-electron chi connectivity index (χ3n) is 19.6. The van der Waals surface area contributed by atoms with Crippen LogP contribution in [0.5, 0.6) is 0 Å². The van der Waals surface area contributed by atoms with Crippen molar-refractivity contribution in [3.63, 3.8) is 0 Å². The van der Waals surface area contributed by atoms with Gasteiger partial charge in [0.05, 0.1) is 27.8 Å². The molecule has 0 bridgehead atoms. The van der Waals surface area contributed by atoms with E-state index in [1.54, 1.807) is 0 Å². The zero-order valence-electron chi connectivity index (χ0n) is 52.1. The first-order valence-corrected chi connectivity index (χ1v) is 33.0. The fourth-order valence-electron chi connectivity index (χ4n) is 15.1. The van der Waals surface area contributed by atoms with E-state index in [1.807, 2.05) is 11.3 Å². The van der Waals surface area contributed by atoms with Gasteiger partial charge in [0.25, 0.3) is 6.71 Å². The molecule has 0 amide bonds. The third-order valence-corrected chi connectivity index (χ3v) is 20.7. The van der Waals surface area contributed by atoms with E-state index in [9.17, 15) is 0 Å². The van der Waals surface area contributed by atoms with Crippen LogP contribution >= 0.6 is 11.3 Å². The number of hydrogen-bond donors (Lipinski definition) is 0. The Bertz CT molecular complexity index is 5230. The third kappa shape index (κ3) is 8.41. The van der Waals surface area contributed by atoms with E-state index in [4.69, 9.17) is 0 Å². The number of aryl methyl sites for hydroxylation is 1. The second kappa shape index (κ2) is 20.6. The topological polar surface area (TPSA) is 16.3 Å². The van der Waals surface area contributed by atoms with E-state index >= 15 is 0 Å². The smallest absolute Gasteiger partial charge is 0.252 e. The Morgan fingerprint density at radius 2 is 0.800 bits per heavy atom. The second-order valence-electron chi connectivity index (χ2n) is 27.1. The highest BCUT2D eigenvalue weighted by Gasteiger charge is 2.46. The molecule has 12 aromatic carbocycles. The van der Waals surface area contributed by atoms with Crippen LogP contribution in [0, 0.1) is 0 Å². The molecule has 4 nitrogen and oxygen atoms in total. The Morgan fingerprint density at radius 1 is 0.367 bits per heavy atom. The maximum Gasteiger partial charge on any atom is 0.252 e. The molecule has 2 aliphatic rings. The van der Waals surface area contributed by atoms with Crippen LogP contribution in [-0.4, -0.2) is 15.8 Å². The van der Waals surface area contributed by atoms with Crippen molar-refractivity contribution < 1.29 is 0 Å². The van der Waals surface area contributed by atoms with Crippen LogP contribution in [0.1, 0.15) is 78.0 Å². The number of benzene rings is 12. The first-order chi connectivity index (χ1) is 43.9. The highest BCUT2D eigenvalue weighted by atomic mass is 32.1. The van der Waals surface area contributed by atoms with Crippen molar-refractivity contribution in [2.45, 2.75) is 78.6 Å². The van der Waals surface area contributed by atoms with Crippen LogP contribution < -0.4 is 26.2 Å². The van der Waals surface area contributed by atoms with Gasteiger partial charge in [-0.05, 0) is 159 Å². The SMILES string of the molecule is CCCCc1cc2sc3ccccc3c2cc1N1c2cc(-n3c4ccccc4c4ccccc43)ccc2B2c3ccc(-n4c5ccccc5c5ccccc54)cc3N(c3c(-c4ccccc4)cc(C(C)(C)C)cc3-c3ccccc3)c3cc(C(C)(C)C)cc1c32. The Hall–Kier alpha value is -9.88. The van der Waals surface area contributed by atoms with Crippen LogP contribution in [-0.2, 0) is 17.3 Å². The van der Waals surface area contributed by atoms with Crippen molar-refractivity contribution >= 4 is 132 Å². The lowest BCUT2D eigenvalue weighted by Gasteiger charge is -2.46. The van der Waals surface area contributed by atoms with Crippen LogP contribution in [0.3, 0.4) is 0 Å². The van der Waals surface area contributed by atoms with E-state index in [0.717, 1.165) is 30.6 Å². The maximum absolute atomic E-state index is 2.74. The Balaban J connectivity index is 1.05. The van der Waals surface area contributed by atoms with E-state index in [2.05, 4.69) is 322 Å². The van der Waals surface area contributed by atoms with Gasteiger partial charge in [-0.2, -0.15) is 0 Å². The molecule has 15 aromatic rings. The van der Waals surface area contributed by atoms with Gasteiger partial charge in [0.2, 0.25) is 0 Å². The number of thiophene rings is 1. The summed E-state index contributed by atoms with van der Waals surface area (Å²) in [7, 11) is 0. The van der Waals surface area contributed by atoms with Crippen molar-refractivity contribution in [3.05, 3.63) is 271 Å². The van der Waals surface area contributed by atoms with Crippen LogP contribution in [0.2, 0.25) is 0 Å². The summed E-state index contributed by atoms with van der Waals surface area (Å²) in [6, 6.07) is 97.5. The molecule has 17 rings (SSSR count). The van der Waals surface area contributed by atoms with Crippen molar-refractivity contribution in [2.24, 2.45) is 0 Å². The van der Waals surface area contributed by atoms with Crippen molar-refractivity contribution in [1.82, 2.24) is 9.13 Å². The predicted octanol–water partition coefficient (Wildman–Crippen LogP) is 21.6. The molecule has 0 fully saturated rings. The molecule has 0 N–H and O–H groups in total. The first kappa shape index (κ1) is 54.3. The van der Waals surface area contributed by atoms with Gasteiger partial charge in [-0.15, -0.1) is 11.3 Å². The highest BCUT2D eigenvalue weighted by molar-refractivity contribution is 7.25. The molecule has 2 aliphatic heterocycles. The molecule has 0 spiro atoms. The second-order valence-corrected chi connectivity index (χ2v) is 28.2. The number of para-hydroxylation sites is 4. The summed E-state index contributed by atoms with van der Waals surface area (Å²) in [5.41, 5.74) is 26.4. The predicted molar refractivity (Wildman–Crippen MR) is 389 cm³/mol. The lowest BCUT2D eigenvalue weighted by molar-refractivity contribution is 0.590. The van der Waals surface area contributed by atoms with E-state index in [-0.39, 0.29) is 17.5 Å². The number of fused-ring (bicyclic) bond motifs is 13. The number of rotatable bonds is 9. The molecular weight excluding hydrogens is 1110 g/mol. The normalized spacial score (nSPS) is 13.1. The number of anilines is 6. The summed E-state index contributed by atoms with van der Waals surface area (Å²) in [6.45, 7) is 16.5. The average molecular weight is 1180 g/mol. The Morgan fingerprint density at radius 3 is 1.29 bits per heavy atom. The largest absolute Gasteiger partial charge is 0.311 e. The van der Waals surface area contributed by atoms with Gasteiger partial charge < -0.3 is 18.9 Å². The fourth-order valence-corrected chi connectivity index (χ4v) is 16.3. The Labute approximate surface area is 531 Å². The molecule has 434 valence electrons. The zero-order chi connectivity index (χ0) is 60.7. The standard InChI is InChI=1S/C84H69BN4S/c1-8-9-26-55-45-80-67(64-35-20-25-40-79(64)90-80)52-74(55)88-75-50-58(86-70-36-21-16-31-60(70)61-32-17-22-37-71(61)86)41-43-68(75)85-69-44-42-59(87-72-38-23-18-33-62(72)63-34-19-24-39-73(63)87)51-76(69)89(78-49-57(84(5,6)7)48-77(88)81(78)85)82-65(53-27-12-10-13-28-53)46-56(83(2,3)4)47-66(82)54-29-14-11-15-30-54/h10-25,27-52H,8-9,26H2,1-7H3. The quantitative estimate of drug-likeness (QED) is 0.134. The number of unbranched alkanes of at least 4 members (excludes halogenated alkanes) is 1. The number of aromatic nitrogens is 2. The summed E-state index contributed by atoms with van der Waals surface area (Å²) < 4.78 is 7.67. The number of nitrogens with zero attached hydrogens (tertiary/aromatic N) is 4. The van der Waals surface area contributed by atoms with E-state index in [0.29, 0.717) is 0 Å². The molecule has 0 unspecified atom stereocenters. The summed E-state index contributed by atoms with van der Waals surface area (Å²) in [4.78, 5) is 5.47. The molecule has 0 saturated heterocycles. The molecule has 0 saturated carbocycles. The molecule has 5 heterocycles. The van der Waals surface area contributed by atoms with Crippen molar-refractivity contribution in [2.75, 3.05) is 9.80 Å². The zero-order valence-corrected chi connectivity index (χ0v) is 53.0. The Kier molecular flexibility index (Phi) is 12.4. The summed E-state index contributed by atoms with van der Waals surface area (Å²) in [5, 5.41) is 7.61. The van der Waals surface area contributed by atoms with Crippen molar-refractivity contribution in [3.8, 4) is 33.6 Å². The molecule has 0 aliphatic carbocycles. The summed E-state index contributed by atoms with van der Waals surface area (Å²) in [6.07, 6.45) is 3.14. The minimum Gasteiger partial charge on any atom is -0.311 e. The summed E-state index contributed by atoms with van der Waals surface area (Å²) in [5.74, 6) is 0.